The number of rotatable bonds is 1. The third-order valence-corrected chi connectivity index (χ3v) is 1.29. The number of nitrogens with two attached hydrogens (primary N) is 1. The number of aliphatic imine (C=N–C) groups is 1. The fraction of sp³-hybridized carbons (Fsp3) is 0.600. The molecule has 4 nitrogen and oxygen atoms in total. The van der Waals surface area contributed by atoms with Crippen molar-refractivity contribution in [2.45, 2.75) is 12.5 Å². The second-order valence-electron chi connectivity index (χ2n) is 1.97. The highest BCUT2D eigenvalue weighted by atomic mass is 16.4. The Balaban J connectivity index is 2.68. The average molecular weight is 128 g/mol. The molecule has 1 rings (SSSR count). The highest BCUT2D eigenvalue weighted by molar-refractivity contribution is 6.38. The lowest BCUT2D eigenvalue weighted by molar-refractivity contribution is -0.129. The van der Waals surface area contributed by atoms with Gasteiger partial charge in [0.1, 0.15) is 5.71 Å². The maximum atomic E-state index is 10.2. The Morgan fingerprint density at radius 3 is 2.78 bits per heavy atom. The second-order valence-corrected chi connectivity index (χ2v) is 1.97. The first-order valence-electron chi connectivity index (χ1n) is 2.75. The van der Waals surface area contributed by atoms with E-state index in [9.17, 15) is 4.79 Å². The SMILES string of the molecule is NC1CCN=C1C(=O)O. The summed E-state index contributed by atoms with van der Waals surface area (Å²) in [6, 6.07) is -0.345. The van der Waals surface area contributed by atoms with Crippen LogP contribution in [-0.2, 0) is 4.79 Å². The molecule has 0 fully saturated rings. The molecule has 1 aliphatic rings. The lowest BCUT2D eigenvalue weighted by Crippen LogP contribution is -2.32. The molecule has 3 N–H and O–H groups in total. The van der Waals surface area contributed by atoms with Gasteiger partial charge in [0.25, 0.3) is 0 Å². The van der Waals surface area contributed by atoms with Gasteiger partial charge in [-0.1, -0.05) is 0 Å². The zero-order valence-corrected chi connectivity index (χ0v) is 4.87. The Hall–Kier alpha value is -0.900. The van der Waals surface area contributed by atoms with Crippen molar-refractivity contribution in [2.24, 2.45) is 10.7 Å². The van der Waals surface area contributed by atoms with Crippen molar-refractivity contribution in [2.75, 3.05) is 6.54 Å². The molecule has 0 aromatic heterocycles. The van der Waals surface area contributed by atoms with Crippen molar-refractivity contribution in [3.05, 3.63) is 0 Å². The van der Waals surface area contributed by atoms with Crippen molar-refractivity contribution in [3.8, 4) is 0 Å². The van der Waals surface area contributed by atoms with Gasteiger partial charge in [-0.05, 0) is 6.42 Å². The van der Waals surface area contributed by atoms with E-state index in [4.69, 9.17) is 10.8 Å². The van der Waals surface area contributed by atoms with Crippen LogP contribution in [0.25, 0.3) is 0 Å². The molecule has 0 radical (unpaired) electrons. The molecule has 50 valence electrons. The number of hydrogen-bond acceptors (Lipinski definition) is 3. The summed E-state index contributed by atoms with van der Waals surface area (Å²) in [4.78, 5) is 13.9. The first-order valence-corrected chi connectivity index (χ1v) is 2.75. The minimum absolute atomic E-state index is 0.120. The number of carboxylic acids is 1. The first kappa shape index (κ1) is 6.22. The minimum Gasteiger partial charge on any atom is -0.477 e. The smallest absolute Gasteiger partial charge is 0.351 e. The fourth-order valence-corrected chi connectivity index (χ4v) is 0.804. The second kappa shape index (κ2) is 2.14. The summed E-state index contributed by atoms with van der Waals surface area (Å²) in [5.74, 6) is -0.986. The van der Waals surface area contributed by atoms with Crippen LogP contribution in [0.4, 0.5) is 0 Å². The van der Waals surface area contributed by atoms with Gasteiger partial charge in [0.05, 0.1) is 6.04 Å². The molecule has 9 heavy (non-hydrogen) atoms. The van der Waals surface area contributed by atoms with Crippen LogP contribution in [0, 0.1) is 0 Å². The molecule has 0 spiro atoms. The van der Waals surface area contributed by atoms with E-state index in [1.807, 2.05) is 0 Å². The Morgan fingerprint density at radius 1 is 1.89 bits per heavy atom. The lowest BCUT2D eigenvalue weighted by Gasteiger charge is -1.98. The minimum atomic E-state index is -0.986. The standard InChI is InChI=1S/C5H8N2O2/c6-3-1-2-7-4(3)5(8)9/h3H,1-2,6H2,(H,8,9). The Bertz CT molecular complexity index is 164. The van der Waals surface area contributed by atoms with Gasteiger partial charge in [0.2, 0.25) is 0 Å². The molecule has 0 aliphatic carbocycles. The number of aliphatic carboxylic acids is 1. The van der Waals surface area contributed by atoms with Crippen LogP contribution in [0.15, 0.2) is 4.99 Å². The molecule has 1 aliphatic heterocycles. The van der Waals surface area contributed by atoms with Crippen molar-refractivity contribution < 1.29 is 9.90 Å². The average Bonchev–Trinajstić information content (AvgIpc) is 2.13. The molecule has 0 aromatic carbocycles. The third kappa shape index (κ3) is 1.08. The van der Waals surface area contributed by atoms with Crippen molar-refractivity contribution in [1.82, 2.24) is 0 Å². The molecule has 0 saturated carbocycles. The summed E-state index contributed by atoms with van der Waals surface area (Å²) in [5, 5.41) is 8.37. The quantitative estimate of drug-likeness (QED) is 0.487. The third-order valence-electron chi connectivity index (χ3n) is 1.29. The number of nitrogens with zero attached hydrogens (tertiary/aromatic N) is 1. The van der Waals surface area contributed by atoms with Gasteiger partial charge < -0.3 is 10.8 Å². The van der Waals surface area contributed by atoms with Crippen LogP contribution in [0.2, 0.25) is 0 Å². The van der Waals surface area contributed by atoms with Gasteiger partial charge in [-0.3, -0.25) is 4.99 Å². The molecule has 1 unspecified atom stereocenters. The van der Waals surface area contributed by atoms with E-state index in [0.717, 1.165) is 0 Å². The predicted molar refractivity (Wildman–Crippen MR) is 32.5 cm³/mol. The summed E-state index contributed by atoms with van der Waals surface area (Å²) in [6.07, 6.45) is 0.668. The molecular formula is C5H8N2O2. The van der Waals surface area contributed by atoms with Gasteiger partial charge in [0, 0.05) is 6.54 Å². The summed E-state index contributed by atoms with van der Waals surface area (Å²) in [7, 11) is 0. The maximum absolute atomic E-state index is 10.2. The van der Waals surface area contributed by atoms with E-state index >= 15 is 0 Å². The van der Waals surface area contributed by atoms with Gasteiger partial charge in [-0.15, -0.1) is 0 Å². The van der Waals surface area contributed by atoms with Crippen LogP contribution in [0.3, 0.4) is 0 Å². The fourth-order valence-electron chi connectivity index (χ4n) is 0.804. The van der Waals surface area contributed by atoms with Crippen LogP contribution < -0.4 is 5.73 Å². The molecule has 1 atom stereocenters. The van der Waals surface area contributed by atoms with E-state index < -0.39 is 5.97 Å². The topological polar surface area (TPSA) is 75.7 Å². The van der Waals surface area contributed by atoms with E-state index in [2.05, 4.69) is 4.99 Å². The number of carboxylic acid groups (broad SMARTS) is 1. The zero-order valence-electron chi connectivity index (χ0n) is 4.87. The maximum Gasteiger partial charge on any atom is 0.351 e. The Morgan fingerprint density at radius 2 is 2.56 bits per heavy atom. The van der Waals surface area contributed by atoms with E-state index in [0.29, 0.717) is 13.0 Å². The Labute approximate surface area is 52.4 Å². The van der Waals surface area contributed by atoms with Gasteiger partial charge in [0.15, 0.2) is 0 Å². The van der Waals surface area contributed by atoms with Gasteiger partial charge in [-0.2, -0.15) is 0 Å². The van der Waals surface area contributed by atoms with Gasteiger partial charge in [-0.25, -0.2) is 4.79 Å². The van der Waals surface area contributed by atoms with Gasteiger partial charge >= 0.3 is 5.97 Å². The summed E-state index contributed by atoms with van der Waals surface area (Å²) in [5.41, 5.74) is 5.49. The molecule has 0 amide bonds. The monoisotopic (exact) mass is 128 g/mol. The highest BCUT2D eigenvalue weighted by Gasteiger charge is 2.22. The lowest BCUT2D eigenvalue weighted by atomic mass is 10.2. The van der Waals surface area contributed by atoms with Crippen LogP contribution in [0.1, 0.15) is 6.42 Å². The zero-order chi connectivity index (χ0) is 6.85. The summed E-state index contributed by atoms with van der Waals surface area (Å²) < 4.78 is 0. The van der Waals surface area contributed by atoms with E-state index in [1.165, 1.54) is 0 Å². The summed E-state index contributed by atoms with van der Waals surface area (Å²) >= 11 is 0. The van der Waals surface area contributed by atoms with E-state index in [-0.39, 0.29) is 11.8 Å². The largest absolute Gasteiger partial charge is 0.477 e. The van der Waals surface area contributed by atoms with Crippen LogP contribution in [-0.4, -0.2) is 29.4 Å². The molecule has 0 bridgehead atoms. The number of carbonyl (C=O) groups is 1. The molecule has 4 heteroatoms. The van der Waals surface area contributed by atoms with E-state index in [1.54, 1.807) is 0 Å². The van der Waals surface area contributed by atoms with Crippen LogP contribution in [0.5, 0.6) is 0 Å². The van der Waals surface area contributed by atoms with Crippen molar-refractivity contribution in [1.29, 1.82) is 0 Å². The summed E-state index contributed by atoms with van der Waals surface area (Å²) in [6.45, 7) is 0.558. The Kier molecular flexibility index (Phi) is 1.48. The van der Waals surface area contributed by atoms with Crippen molar-refractivity contribution in [3.63, 3.8) is 0 Å². The van der Waals surface area contributed by atoms with Crippen molar-refractivity contribution >= 4 is 11.7 Å². The normalized spacial score (nSPS) is 25.9. The molecule has 1 heterocycles. The predicted octanol–water partition coefficient (Wildman–Crippen LogP) is -0.757. The first-order chi connectivity index (χ1) is 4.22. The molecule has 0 aromatic rings. The molecule has 0 saturated heterocycles. The highest BCUT2D eigenvalue weighted by Crippen LogP contribution is 2.02. The number of hydrogen-bond donors (Lipinski definition) is 2. The van der Waals surface area contributed by atoms with Crippen LogP contribution >= 0.6 is 0 Å². The molecular weight excluding hydrogens is 120 g/mol.